The first-order valence-corrected chi connectivity index (χ1v) is 15.3. The zero-order valence-electron chi connectivity index (χ0n) is 24.9. The van der Waals surface area contributed by atoms with E-state index in [1.807, 2.05) is 71.6 Å². The SMILES string of the molecule is Cn1nnnc1-c1ccc(C2(C(=O)N3CCC4(C3)OC(=O)c3ccccc34)CC2)cc1.O=C1OC2(CCNC2)c2ccccc21. The fourth-order valence-corrected chi connectivity index (χ4v) is 7.40. The highest BCUT2D eigenvalue weighted by atomic mass is 16.6. The van der Waals surface area contributed by atoms with Gasteiger partial charge in [-0.2, -0.15) is 0 Å². The van der Waals surface area contributed by atoms with Crippen LogP contribution in [0.5, 0.6) is 0 Å². The molecule has 2 saturated heterocycles. The summed E-state index contributed by atoms with van der Waals surface area (Å²) in [5, 5.41) is 14.8. The molecular weight excluding hydrogens is 572 g/mol. The molecule has 5 heterocycles. The molecule has 1 saturated carbocycles. The van der Waals surface area contributed by atoms with Crippen LogP contribution in [-0.4, -0.2) is 69.1 Å². The number of likely N-dealkylation sites (tertiary alicyclic amines) is 1. The number of hydrogen-bond donors (Lipinski definition) is 1. The first kappa shape index (κ1) is 27.6. The summed E-state index contributed by atoms with van der Waals surface area (Å²) in [5.41, 5.74) is 3.68. The third-order valence-corrected chi connectivity index (χ3v) is 9.96. The van der Waals surface area contributed by atoms with Crippen LogP contribution >= 0.6 is 0 Å². The van der Waals surface area contributed by atoms with E-state index >= 15 is 0 Å². The Bertz CT molecular complexity index is 1840. The third kappa shape index (κ3) is 4.28. The minimum atomic E-state index is -0.707. The van der Waals surface area contributed by atoms with E-state index < -0.39 is 11.0 Å². The lowest BCUT2D eigenvalue weighted by atomic mass is 9.91. The molecule has 1 N–H and O–H groups in total. The Balaban J connectivity index is 0.000000178. The Morgan fingerprint density at radius 1 is 0.822 bits per heavy atom. The number of nitrogens with zero attached hydrogens (tertiary/aromatic N) is 5. The predicted octanol–water partition coefficient (Wildman–Crippen LogP) is 3.25. The standard InChI is InChI=1S/C23H21N5O3.C11H11NO2/c1-27-19(24-25-26-27)15-6-8-16(9-7-15)22(10-11-22)21(30)28-13-12-23(14-28)18-5-3-2-4-17(18)20(29)31-23;13-10-8-3-1-2-4-9(8)11(14-10)5-6-12-7-11/h2-9H,10-14H2,1H3;1-4,12H,5-7H2. The van der Waals surface area contributed by atoms with Gasteiger partial charge in [-0.05, 0) is 47.5 Å². The molecule has 0 bridgehead atoms. The number of amides is 1. The van der Waals surface area contributed by atoms with Crippen molar-refractivity contribution in [1.82, 2.24) is 30.4 Å². The molecule has 3 aromatic carbocycles. The van der Waals surface area contributed by atoms with Gasteiger partial charge in [0.05, 0.1) is 23.1 Å². The molecule has 45 heavy (non-hydrogen) atoms. The van der Waals surface area contributed by atoms with Crippen molar-refractivity contribution in [3.8, 4) is 11.4 Å². The second-order valence-electron chi connectivity index (χ2n) is 12.5. The highest BCUT2D eigenvalue weighted by molar-refractivity contribution is 5.96. The van der Waals surface area contributed by atoms with Crippen molar-refractivity contribution < 1.29 is 23.9 Å². The second kappa shape index (κ2) is 10.1. The number of rotatable bonds is 3. The fraction of sp³-hybridized carbons (Fsp3) is 0.353. The van der Waals surface area contributed by atoms with E-state index in [2.05, 4.69) is 20.8 Å². The third-order valence-electron chi connectivity index (χ3n) is 9.96. The number of esters is 2. The van der Waals surface area contributed by atoms with Crippen LogP contribution in [0.2, 0.25) is 0 Å². The number of tetrazole rings is 1. The van der Waals surface area contributed by atoms with Gasteiger partial charge in [0, 0.05) is 49.7 Å². The Labute approximate surface area is 259 Å². The molecule has 2 spiro atoms. The topological polar surface area (TPSA) is 129 Å². The van der Waals surface area contributed by atoms with E-state index in [4.69, 9.17) is 9.47 Å². The Hall–Kier alpha value is -4.90. The van der Waals surface area contributed by atoms with Crippen LogP contribution in [0.1, 0.15) is 63.1 Å². The van der Waals surface area contributed by atoms with E-state index in [9.17, 15) is 14.4 Å². The van der Waals surface area contributed by atoms with E-state index in [1.165, 1.54) is 0 Å². The summed E-state index contributed by atoms with van der Waals surface area (Å²) in [6.07, 6.45) is 3.18. The number of carbonyl (C=O) groups excluding carboxylic acids is 3. The zero-order chi connectivity index (χ0) is 30.8. The molecule has 2 atom stereocenters. The van der Waals surface area contributed by atoms with Gasteiger partial charge in [-0.3, -0.25) is 4.79 Å². The average Bonchev–Trinajstić information content (AvgIpc) is 3.46. The summed E-state index contributed by atoms with van der Waals surface area (Å²) in [7, 11) is 1.80. The molecule has 11 nitrogen and oxygen atoms in total. The molecule has 1 aromatic heterocycles. The molecule has 0 radical (unpaired) electrons. The lowest BCUT2D eigenvalue weighted by Crippen LogP contribution is -2.40. The molecule has 4 aliphatic heterocycles. The van der Waals surface area contributed by atoms with Crippen LogP contribution < -0.4 is 5.32 Å². The number of aromatic nitrogens is 4. The quantitative estimate of drug-likeness (QED) is 0.351. The van der Waals surface area contributed by atoms with Gasteiger partial charge >= 0.3 is 11.9 Å². The molecule has 3 fully saturated rings. The van der Waals surface area contributed by atoms with Crippen molar-refractivity contribution in [2.45, 2.75) is 42.3 Å². The van der Waals surface area contributed by atoms with Gasteiger partial charge in [-0.25, -0.2) is 14.3 Å². The summed E-state index contributed by atoms with van der Waals surface area (Å²) in [6.45, 7) is 2.67. The van der Waals surface area contributed by atoms with Gasteiger partial charge < -0.3 is 19.7 Å². The molecule has 11 heteroatoms. The van der Waals surface area contributed by atoms with Gasteiger partial charge in [0.1, 0.15) is 0 Å². The van der Waals surface area contributed by atoms with E-state index in [0.29, 0.717) is 30.9 Å². The maximum absolute atomic E-state index is 13.6. The average molecular weight is 605 g/mol. The molecular formula is C34H32N6O5. The Morgan fingerprint density at radius 3 is 2.07 bits per heavy atom. The molecule has 1 amide bonds. The smallest absolute Gasteiger partial charge is 0.339 e. The molecule has 1 aliphatic carbocycles. The molecule has 4 aromatic rings. The lowest BCUT2D eigenvalue weighted by Gasteiger charge is -2.27. The number of ether oxygens (including phenoxy) is 2. The van der Waals surface area contributed by atoms with Crippen LogP contribution in [0, 0.1) is 0 Å². The van der Waals surface area contributed by atoms with Gasteiger partial charge in [0.25, 0.3) is 0 Å². The normalized spacial score (nSPS) is 25.0. The van der Waals surface area contributed by atoms with Crippen LogP contribution in [-0.2, 0) is 37.9 Å². The summed E-state index contributed by atoms with van der Waals surface area (Å²) < 4.78 is 12.9. The van der Waals surface area contributed by atoms with E-state index in [1.54, 1.807) is 17.8 Å². The first-order valence-electron chi connectivity index (χ1n) is 15.3. The van der Waals surface area contributed by atoms with Gasteiger partial charge in [-0.15, -0.1) is 5.10 Å². The molecule has 228 valence electrons. The number of aryl methyl sites for hydroxylation is 1. The fourth-order valence-electron chi connectivity index (χ4n) is 7.40. The number of hydrogen-bond acceptors (Lipinski definition) is 9. The summed E-state index contributed by atoms with van der Waals surface area (Å²) in [4.78, 5) is 39.4. The van der Waals surface area contributed by atoms with Crippen molar-refractivity contribution in [2.24, 2.45) is 7.05 Å². The minimum absolute atomic E-state index is 0.123. The number of benzene rings is 3. The van der Waals surface area contributed by atoms with Crippen LogP contribution in [0.3, 0.4) is 0 Å². The largest absolute Gasteiger partial charge is 0.449 e. The zero-order valence-corrected chi connectivity index (χ0v) is 24.9. The monoisotopic (exact) mass is 604 g/mol. The lowest BCUT2D eigenvalue weighted by molar-refractivity contribution is -0.134. The van der Waals surface area contributed by atoms with Gasteiger partial charge in [0.15, 0.2) is 17.0 Å². The maximum Gasteiger partial charge on any atom is 0.339 e. The number of carbonyl (C=O) groups is 3. The van der Waals surface area contributed by atoms with Crippen molar-refractivity contribution in [2.75, 3.05) is 26.2 Å². The Kier molecular flexibility index (Phi) is 6.18. The first-order chi connectivity index (χ1) is 21.8. The predicted molar refractivity (Wildman–Crippen MR) is 161 cm³/mol. The van der Waals surface area contributed by atoms with Gasteiger partial charge in [-0.1, -0.05) is 60.7 Å². The molecule has 9 rings (SSSR count). The highest BCUT2D eigenvalue weighted by Gasteiger charge is 2.57. The number of nitrogens with one attached hydrogen (secondary N) is 1. The minimum Gasteiger partial charge on any atom is -0.449 e. The summed E-state index contributed by atoms with van der Waals surface area (Å²) >= 11 is 0. The van der Waals surface area contributed by atoms with Gasteiger partial charge in [0.2, 0.25) is 5.91 Å². The number of fused-ring (bicyclic) bond motifs is 4. The van der Waals surface area contributed by atoms with E-state index in [0.717, 1.165) is 60.2 Å². The second-order valence-corrected chi connectivity index (χ2v) is 12.5. The highest BCUT2D eigenvalue weighted by Crippen LogP contribution is 2.52. The van der Waals surface area contributed by atoms with Crippen LogP contribution in [0.4, 0.5) is 0 Å². The summed E-state index contributed by atoms with van der Waals surface area (Å²) in [5.74, 6) is 0.341. The van der Waals surface area contributed by atoms with Crippen molar-refractivity contribution in [1.29, 1.82) is 0 Å². The molecule has 2 unspecified atom stereocenters. The molecule has 5 aliphatic rings. The van der Waals surface area contributed by atoms with Crippen molar-refractivity contribution in [3.63, 3.8) is 0 Å². The summed E-state index contributed by atoms with van der Waals surface area (Å²) in [6, 6.07) is 23.1. The van der Waals surface area contributed by atoms with Crippen LogP contribution in [0.15, 0.2) is 72.8 Å². The van der Waals surface area contributed by atoms with E-state index in [-0.39, 0.29) is 23.4 Å². The van der Waals surface area contributed by atoms with Crippen molar-refractivity contribution in [3.05, 3.63) is 101 Å². The Morgan fingerprint density at radius 2 is 1.47 bits per heavy atom. The maximum atomic E-state index is 13.6. The van der Waals surface area contributed by atoms with Crippen molar-refractivity contribution >= 4 is 17.8 Å². The van der Waals surface area contributed by atoms with Crippen LogP contribution in [0.25, 0.3) is 11.4 Å².